The normalized spacial score (nSPS) is 11.7. The van der Waals surface area contributed by atoms with E-state index in [1.165, 1.54) is 12.1 Å². The summed E-state index contributed by atoms with van der Waals surface area (Å²) in [6.45, 7) is 3.95. The van der Waals surface area contributed by atoms with E-state index in [1.807, 2.05) is 6.92 Å². The standard InChI is InChI=1S/C13H18N2O5/c1-3-8-20-11-7-5-6-10(12(11)15(18)19)14-9(4-2)13(16)17/h5-7,9,14H,3-4,8H2,1-2H3,(H,16,17). The Morgan fingerprint density at radius 3 is 2.70 bits per heavy atom. The molecule has 0 aromatic heterocycles. The summed E-state index contributed by atoms with van der Waals surface area (Å²) in [5.41, 5.74) is -0.0847. The molecule has 1 aromatic carbocycles. The Labute approximate surface area is 116 Å². The number of nitrogens with zero attached hydrogens (tertiary/aromatic N) is 1. The van der Waals surface area contributed by atoms with Gasteiger partial charge in [0, 0.05) is 0 Å². The van der Waals surface area contributed by atoms with Crippen molar-refractivity contribution in [2.45, 2.75) is 32.7 Å². The van der Waals surface area contributed by atoms with Crippen LogP contribution in [-0.4, -0.2) is 28.6 Å². The molecule has 7 heteroatoms. The number of aliphatic carboxylic acids is 1. The third kappa shape index (κ3) is 3.84. The molecule has 0 aliphatic rings. The smallest absolute Gasteiger partial charge is 0.333 e. The van der Waals surface area contributed by atoms with Gasteiger partial charge in [-0.3, -0.25) is 10.1 Å². The van der Waals surface area contributed by atoms with Crippen LogP contribution in [0, 0.1) is 10.1 Å². The van der Waals surface area contributed by atoms with Gasteiger partial charge in [-0.2, -0.15) is 0 Å². The minimum Gasteiger partial charge on any atom is -0.487 e. The van der Waals surface area contributed by atoms with Crippen molar-refractivity contribution in [2.75, 3.05) is 11.9 Å². The number of anilines is 1. The number of para-hydroxylation sites is 1. The Balaban J connectivity index is 3.11. The first-order valence-electron chi connectivity index (χ1n) is 6.40. The van der Waals surface area contributed by atoms with E-state index in [0.717, 1.165) is 6.42 Å². The molecule has 2 N–H and O–H groups in total. The maximum Gasteiger partial charge on any atom is 0.333 e. The van der Waals surface area contributed by atoms with Crippen LogP contribution in [0.5, 0.6) is 5.75 Å². The Morgan fingerprint density at radius 1 is 1.50 bits per heavy atom. The zero-order chi connectivity index (χ0) is 15.1. The van der Waals surface area contributed by atoms with Crippen molar-refractivity contribution in [1.82, 2.24) is 0 Å². The average molecular weight is 282 g/mol. The molecule has 0 bridgehead atoms. The van der Waals surface area contributed by atoms with E-state index in [2.05, 4.69) is 5.32 Å². The predicted molar refractivity (Wildman–Crippen MR) is 74.2 cm³/mol. The highest BCUT2D eigenvalue weighted by atomic mass is 16.6. The monoisotopic (exact) mass is 282 g/mol. The maximum absolute atomic E-state index is 11.2. The van der Waals surface area contributed by atoms with Crippen LogP contribution < -0.4 is 10.1 Å². The first-order valence-corrected chi connectivity index (χ1v) is 6.40. The van der Waals surface area contributed by atoms with Crippen LogP contribution in [0.2, 0.25) is 0 Å². The maximum atomic E-state index is 11.2. The fourth-order valence-corrected chi connectivity index (χ4v) is 1.68. The Morgan fingerprint density at radius 2 is 2.20 bits per heavy atom. The second-order valence-electron chi connectivity index (χ2n) is 4.20. The summed E-state index contributed by atoms with van der Waals surface area (Å²) >= 11 is 0. The second kappa shape index (κ2) is 7.32. The van der Waals surface area contributed by atoms with Crippen LogP contribution in [0.4, 0.5) is 11.4 Å². The predicted octanol–water partition coefficient (Wildman–Crippen LogP) is 2.66. The van der Waals surface area contributed by atoms with Crippen molar-refractivity contribution in [2.24, 2.45) is 0 Å². The number of benzene rings is 1. The first kappa shape index (κ1) is 15.7. The number of carbonyl (C=O) groups is 1. The van der Waals surface area contributed by atoms with Crippen molar-refractivity contribution < 1.29 is 19.6 Å². The lowest BCUT2D eigenvalue weighted by Gasteiger charge is -2.15. The lowest BCUT2D eigenvalue weighted by atomic mass is 10.2. The largest absolute Gasteiger partial charge is 0.487 e. The minimum atomic E-state index is -1.05. The van der Waals surface area contributed by atoms with Crippen LogP contribution in [0.1, 0.15) is 26.7 Å². The molecule has 0 saturated carbocycles. The van der Waals surface area contributed by atoms with Crippen molar-refractivity contribution in [1.29, 1.82) is 0 Å². The number of hydrogen-bond donors (Lipinski definition) is 2. The molecule has 0 aliphatic heterocycles. The van der Waals surface area contributed by atoms with Gasteiger partial charge in [0.05, 0.1) is 11.5 Å². The number of ether oxygens (including phenoxy) is 1. The van der Waals surface area contributed by atoms with Gasteiger partial charge in [-0.05, 0) is 25.0 Å². The van der Waals surface area contributed by atoms with E-state index in [0.29, 0.717) is 13.0 Å². The minimum absolute atomic E-state index is 0.141. The van der Waals surface area contributed by atoms with Gasteiger partial charge in [0.1, 0.15) is 11.7 Å². The number of nitro groups is 1. The highest BCUT2D eigenvalue weighted by Crippen LogP contribution is 2.35. The summed E-state index contributed by atoms with van der Waals surface area (Å²) < 4.78 is 5.33. The Kier molecular flexibility index (Phi) is 5.76. The molecule has 7 nitrogen and oxygen atoms in total. The number of hydrogen-bond acceptors (Lipinski definition) is 5. The fraction of sp³-hybridized carbons (Fsp3) is 0.462. The zero-order valence-corrected chi connectivity index (χ0v) is 11.5. The topological polar surface area (TPSA) is 102 Å². The van der Waals surface area contributed by atoms with Gasteiger partial charge >= 0.3 is 11.7 Å². The number of rotatable bonds is 8. The zero-order valence-electron chi connectivity index (χ0n) is 11.5. The van der Waals surface area contributed by atoms with E-state index < -0.39 is 16.9 Å². The van der Waals surface area contributed by atoms with Crippen LogP contribution in [0.15, 0.2) is 18.2 Å². The second-order valence-corrected chi connectivity index (χ2v) is 4.20. The molecular formula is C13H18N2O5. The Hall–Kier alpha value is -2.31. The molecule has 0 amide bonds. The lowest BCUT2D eigenvalue weighted by Crippen LogP contribution is -2.28. The third-order valence-corrected chi connectivity index (χ3v) is 2.68. The fourth-order valence-electron chi connectivity index (χ4n) is 1.68. The molecule has 0 aliphatic carbocycles. The molecule has 0 heterocycles. The number of carboxylic acids is 1. The van der Waals surface area contributed by atoms with E-state index in [4.69, 9.17) is 9.84 Å². The van der Waals surface area contributed by atoms with Crippen LogP contribution in [0.25, 0.3) is 0 Å². The number of nitro benzene ring substituents is 1. The molecule has 0 spiro atoms. The molecule has 0 saturated heterocycles. The lowest BCUT2D eigenvalue weighted by molar-refractivity contribution is -0.385. The van der Waals surface area contributed by atoms with Gasteiger partial charge in [0.2, 0.25) is 0 Å². The van der Waals surface area contributed by atoms with Crippen LogP contribution >= 0.6 is 0 Å². The third-order valence-electron chi connectivity index (χ3n) is 2.68. The van der Waals surface area contributed by atoms with E-state index in [-0.39, 0.29) is 17.1 Å². The summed E-state index contributed by atoms with van der Waals surface area (Å²) in [4.78, 5) is 21.6. The van der Waals surface area contributed by atoms with Crippen molar-refractivity contribution >= 4 is 17.3 Å². The van der Waals surface area contributed by atoms with E-state index in [1.54, 1.807) is 13.0 Å². The molecular weight excluding hydrogens is 264 g/mol. The molecule has 0 fully saturated rings. The van der Waals surface area contributed by atoms with Gasteiger partial charge in [-0.25, -0.2) is 4.79 Å². The summed E-state index contributed by atoms with van der Waals surface area (Å²) in [6.07, 6.45) is 1.04. The van der Waals surface area contributed by atoms with E-state index in [9.17, 15) is 14.9 Å². The van der Waals surface area contributed by atoms with Crippen molar-refractivity contribution in [3.05, 3.63) is 28.3 Å². The van der Waals surface area contributed by atoms with Gasteiger partial charge in [0.15, 0.2) is 5.75 Å². The summed E-state index contributed by atoms with van der Waals surface area (Å²) in [7, 11) is 0. The summed E-state index contributed by atoms with van der Waals surface area (Å²) in [5, 5.41) is 22.9. The molecule has 1 aromatic rings. The van der Waals surface area contributed by atoms with E-state index >= 15 is 0 Å². The molecule has 1 unspecified atom stereocenters. The van der Waals surface area contributed by atoms with Crippen LogP contribution in [0.3, 0.4) is 0 Å². The molecule has 0 radical (unpaired) electrons. The molecule has 1 atom stereocenters. The van der Waals surface area contributed by atoms with Gasteiger partial charge in [-0.15, -0.1) is 0 Å². The van der Waals surface area contributed by atoms with Gasteiger partial charge in [0.25, 0.3) is 0 Å². The quantitative estimate of drug-likeness (QED) is 0.561. The first-order chi connectivity index (χ1) is 9.51. The number of carboxylic acid groups (broad SMARTS) is 1. The Bertz CT molecular complexity index is 490. The number of nitrogens with one attached hydrogen (secondary N) is 1. The summed E-state index contributed by atoms with van der Waals surface area (Å²) in [5.74, 6) is -0.913. The highest BCUT2D eigenvalue weighted by molar-refractivity contribution is 5.80. The van der Waals surface area contributed by atoms with Crippen LogP contribution in [-0.2, 0) is 4.79 Å². The average Bonchev–Trinajstić information content (AvgIpc) is 2.41. The molecule has 20 heavy (non-hydrogen) atoms. The van der Waals surface area contributed by atoms with Crippen molar-refractivity contribution in [3.63, 3.8) is 0 Å². The SMILES string of the molecule is CCCOc1cccc(NC(CC)C(=O)O)c1[N+](=O)[O-]. The van der Waals surface area contributed by atoms with Gasteiger partial charge in [-0.1, -0.05) is 19.9 Å². The molecule has 110 valence electrons. The van der Waals surface area contributed by atoms with Gasteiger partial charge < -0.3 is 15.2 Å². The summed E-state index contributed by atoms with van der Waals surface area (Å²) in [6, 6.07) is 3.69. The van der Waals surface area contributed by atoms with Crippen molar-refractivity contribution in [3.8, 4) is 5.75 Å². The molecule has 1 rings (SSSR count). The highest BCUT2D eigenvalue weighted by Gasteiger charge is 2.24.